The van der Waals surface area contributed by atoms with Crippen molar-refractivity contribution in [1.82, 2.24) is 15.1 Å². The zero-order valence-electron chi connectivity index (χ0n) is 21.1. The smallest absolute Gasteiger partial charge is 0.241 e. The van der Waals surface area contributed by atoms with Crippen LogP contribution in [0.4, 0.5) is 0 Å². The van der Waals surface area contributed by atoms with E-state index in [4.69, 9.17) is 10.5 Å². The number of nitrogens with zero attached hydrogens (tertiary/aromatic N) is 2. The lowest BCUT2D eigenvalue weighted by Gasteiger charge is -2.31. The highest BCUT2D eigenvalue weighted by Crippen LogP contribution is 2.30. The average molecular weight is 487 g/mol. The fourth-order valence-electron chi connectivity index (χ4n) is 5.16. The van der Waals surface area contributed by atoms with E-state index in [1.54, 1.807) is 4.90 Å². The Bertz CT molecular complexity index is 807. The fraction of sp³-hybridized carbons (Fsp3) is 0.667. The second-order valence-electron chi connectivity index (χ2n) is 9.91. The van der Waals surface area contributed by atoms with E-state index in [1.807, 2.05) is 37.3 Å². The molecule has 2 aliphatic rings. The second kappa shape index (κ2) is 14.2. The van der Waals surface area contributed by atoms with Gasteiger partial charge in [-0.05, 0) is 24.4 Å². The second-order valence-corrected chi connectivity index (χ2v) is 9.91. The summed E-state index contributed by atoms with van der Waals surface area (Å²) < 4.78 is 5.36. The topological polar surface area (TPSA) is 105 Å². The number of hydrogen-bond donors (Lipinski definition) is 2. The molecule has 0 spiro atoms. The Labute approximate surface area is 209 Å². The van der Waals surface area contributed by atoms with E-state index in [2.05, 4.69) is 10.2 Å². The molecule has 2 fully saturated rings. The van der Waals surface area contributed by atoms with Gasteiger partial charge < -0.3 is 20.7 Å². The van der Waals surface area contributed by atoms with Crippen LogP contribution in [0.2, 0.25) is 0 Å². The quantitative estimate of drug-likeness (QED) is 0.472. The SMILES string of the molecule is CCN(Cc1ccccc1)C[C@H](NC(=O)[C@@H](CC(=O)N1CCOCC1)CC1CCCCC1)C(N)=O. The number of morpholine rings is 1. The predicted octanol–water partition coefficient (Wildman–Crippen LogP) is 2.31. The van der Waals surface area contributed by atoms with Crippen LogP contribution in [-0.4, -0.2) is 73.0 Å². The number of hydrogen-bond acceptors (Lipinski definition) is 5. The van der Waals surface area contributed by atoms with Crippen LogP contribution in [0.15, 0.2) is 30.3 Å². The van der Waals surface area contributed by atoms with Gasteiger partial charge in [0.1, 0.15) is 6.04 Å². The van der Waals surface area contributed by atoms with Crippen molar-refractivity contribution in [3.8, 4) is 0 Å². The Morgan fingerprint density at radius 1 is 1.11 bits per heavy atom. The number of benzene rings is 1. The van der Waals surface area contributed by atoms with Crippen molar-refractivity contribution < 1.29 is 19.1 Å². The summed E-state index contributed by atoms with van der Waals surface area (Å²) in [4.78, 5) is 42.6. The monoisotopic (exact) mass is 486 g/mol. The summed E-state index contributed by atoms with van der Waals surface area (Å²) in [5, 5.41) is 2.91. The summed E-state index contributed by atoms with van der Waals surface area (Å²) in [5.74, 6) is -0.828. The van der Waals surface area contributed by atoms with E-state index >= 15 is 0 Å². The molecular weight excluding hydrogens is 444 g/mol. The summed E-state index contributed by atoms with van der Waals surface area (Å²) in [6, 6.07) is 9.21. The van der Waals surface area contributed by atoms with Crippen LogP contribution in [0.1, 0.15) is 57.4 Å². The summed E-state index contributed by atoms with van der Waals surface area (Å²) in [6.07, 6.45) is 6.60. The molecule has 1 saturated carbocycles. The number of carbonyl (C=O) groups is 3. The van der Waals surface area contributed by atoms with Gasteiger partial charge in [0.2, 0.25) is 17.7 Å². The Balaban J connectivity index is 1.65. The molecule has 8 heteroatoms. The van der Waals surface area contributed by atoms with Gasteiger partial charge in [-0.1, -0.05) is 69.4 Å². The van der Waals surface area contributed by atoms with Gasteiger partial charge in [0.15, 0.2) is 0 Å². The maximum atomic E-state index is 13.4. The number of nitrogens with two attached hydrogens (primary N) is 1. The van der Waals surface area contributed by atoms with Crippen LogP contribution in [-0.2, 0) is 25.7 Å². The van der Waals surface area contributed by atoms with E-state index in [0.29, 0.717) is 51.7 Å². The first-order valence-electron chi connectivity index (χ1n) is 13.2. The van der Waals surface area contributed by atoms with Crippen LogP contribution in [0, 0.1) is 11.8 Å². The first-order valence-corrected chi connectivity index (χ1v) is 13.2. The molecule has 1 aromatic rings. The van der Waals surface area contributed by atoms with Gasteiger partial charge in [-0.3, -0.25) is 19.3 Å². The van der Waals surface area contributed by atoms with Crippen LogP contribution >= 0.6 is 0 Å². The molecular formula is C27H42N4O4. The number of ether oxygens (including phenoxy) is 1. The van der Waals surface area contributed by atoms with Gasteiger partial charge in [-0.2, -0.15) is 0 Å². The van der Waals surface area contributed by atoms with Crippen molar-refractivity contribution in [3.63, 3.8) is 0 Å². The molecule has 0 aromatic heterocycles. The third-order valence-electron chi connectivity index (χ3n) is 7.30. The number of nitrogens with one attached hydrogen (secondary N) is 1. The Morgan fingerprint density at radius 2 is 1.80 bits per heavy atom. The number of likely N-dealkylation sites (N-methyl/N-ethyl adjacent to an activating group) is 1. The third kappa shape index (κ3) is 8.93. The average Bonchev–Trinajstić information content (AvgIpc) is 2.88. The molecule has 194 valence electrons. The molecule has 1 saturated heterocycles. The highest BCUT2D eigenvalue weighted by molar-refractivity contribution is 5.90. The zero-order valence-corrected chi connectivity index (χ0v) is 21.1. The van der Waals surface area contributed by atoms with Crippen LogP contribution in [0.25, 0.3) is 0 Å². The first-order chi connectivity index (χ1) is 17.0. The fourth-order valence-corrected chi connectivity index (χ4v) is 5.16. The van der Waals surface area contributed by atoms with Gasteiger partial charge in [0, 0.05) is 38.5 Å². The van der Waals surface area contributed by atoms with E-state index < -0.39 is 17.9 Å². The lowest BCUT2D eigenvalue weighted by Crippen LogP contribution is -2.53. The Hall–Kier alpha value is -2.45. The zero-order chi connectivity index (χ0) is 25.0. The van der Waals surface area contributed by atoms with Gasteiger partial charge in [-0.15, -0.1) is 0 Å². The molecule has 0 unspecified atom stereocenters. The molecule has 1 heterocycles. The van der Waals surface area contributed by atoms with E-state index in [1.165, 1.54) is 19.3 Å². The minimum atomic E-state index is -0.807. The van der Waals surface area contributed by atoms with Crippen molar-refractivity contribution in [2.24, 2.45) is 17.6 Å². The van der Waals surface area contributed by atoms with E-state index in [-0.39, 0.29) is 18.2 Å². The first kappa shape index (κ1) is 27.1. The van der Waals surface area contributed by atoms with Gasteiger partial charge in [-0.25, -0.2) is 0 Å². The summed E-state index contributed by atoms with van der Waals surface area (Å²) in [5.41, 5.74) is 6.85. The number of rotatable bonds is 12. The van der Waals surface area contributed by atoms with Crippen molar-refractivity contribution >= 4 is 17.7 Å². The predicted molar refractivity (Wildman–Crippen MR) is 135 cm³/mol. The van der Waals surface area contributed by atoms with Crippen LogP contribution in [0.5, 0.6) is 0 Å². The Morgan fingerprint density at radius 3 is 2.43 bits per heavy atom. The number of primary amides is 1. The van der Waals surface area contributed by atoms with Gasteiger partial charge >= 0.3 is 0 Å². The molecule has 0 radical (unpaired) electrons. The molecule has 8 nitrogen and oxygen atoms in total. The highest BCUT2D eigenvalue weighted by Gasteiger charge is 2.31. The lowest BCUT2D eigenvalue weighted by atomic mass is 9.81. The number of carbonyl (C=O) groups excluding carboxylic acids is 3. The summed E-state index contributed by atoms with van der Waals surface area (Å²) >= 11 is 0. The van der Waals surface area contributed by atoms with Crippen molar-refractivity contribution in [3.05, 3.63) is 35.9 Å². The minimum Gasteiger partial charge on any atom is -0.378 e. The van der Waals surface area contributed by atoms with Gasteiger partial charge in [0.25, 0.3) is 0 Å². The molecule has 2 atom stereocenters. The molecule has 1 aromatic carbocycles. The lowest BCUT2D eigenvalue weighted by molar-refractivity contribution is -0.140. The minimum absolute atomic E-state index is 0.0147. The van der Waals surface area contributed by atoms with Crippen molar-refractivity contribution in [2.75, 3.05) is 39.4 Å². The summed E-state index contributed by atoms with van der Waals surface area (Å²) in [7, 11) is 0. The van der Waals surface area contributed by atoms with Crippen molar-refractivity contribution in [1.29, 1.82) is 0 Å². The van der Waals surface area contributed by atoms with E-state index in [9.17, 15) is 14.4 Å². The summed E-state index contributed by atoms with van der Waals surface area (Å²) in [6.45, 7) is 5.92. The normalized spacial score (nSPS) is 18.7. The highest BCUT2D eigenvalue weighted by atomic mass is 16.5. The number of amides is 3. The molecule has 3 amide bonds. The molecule has 3 rings (SSSR count). The molecule has 1 aliphatic carbocycles. The van der Waals surface area contributed by atoms with Crippen molar-refractivity contribution in [2.45, 2.75) is 64.5 Å². The van der Waals surface area contributed by atoms with E-state index in [0.717, 1.165) is 24.9 Å². The Kier molecular flexibility index (Phi) is 11.0. The molecule has 1 aliphatic heterocycles. The van der Waals surface area contributed by atoms with Crippen LogP contribution in [0.3, 0.4) is 0 Å². The van der Waals surface area contributed by atoms with Gasteiger partial charge in [0.05, 0.1) is 13.2 Å². The molecule has 0 bridgehead atoms. The molecule has 3 N–H and O–H groups in total. The third-order valence-corrected chi connectivity index (χ3v) is 7.30. The largest absolute Gasteiger partial charge is 0.378 e. The molecule has 35 heavy (non-hydrogen) atoms. The maximum absolute atomic E-state index is 13.4. The standard InChI is InChI=1S/C27H42N4O4/c1-2-30(19-22-11-7-4-8-12-22)20-24(26(28)33)29-27(34)23(17-21-9-5-3-6-10-21)18-25(32)31-13-15-35-16-14-31/h4,7-8,11-12,21,23-24H,2-3,5-6,9-10,13-20H2,1H3,(H2,28,33)(H,29,34)/t23-,24+/m1/s1. The maximum Gasteiger partial charge on any atom is 0.241 e. The van der Waals surface area contributed by atoms with Crippen LogP contribution < -0.4 is 11.1 Å².